The molecule has 5 heteroatoms. The highest BCUT2D eigenvalue weighted by atomic mass is 35.5. The van der Waals surface area contributed by atoms with Gasteiger partial charge < -0.3 is 15.0 Å². The van der Waals surface area contributed by atoms with Gasteiger partial charge in [0.05, 0.1) is 6.61 Å². The highest BCUT2D eigenvalue weighted by Gasteiger charge is 2.28. The van der Waals surface area contributed by atoms with Gasteiger partial charge in [-0.2, -0.15) is 0 Å². The number of ether oxygens (including phenoxy) is 1. The molecule has 2 saturated heterocycles. The smallest absolute Gasteiger partial charge is 0.248 e. The quantitative estimate of drug-likeness (QED) is 0.637. The summed E-state index contributed by atoms with van der Waals surface area (Å²) in [6.45, 7) is 3.73. The van der Waals surface area contributed by atoms with E-state index in [2.05, 4.69) is 5.32 Å². The minimum absolute atomic E-state index is 0. The predicted molar refractivity (Wildman–Crippen MR) is 51.1 cm³/mol. The molecule has 0 aromatic rings. The fraction of sp³-hybridized carbons (Fsp3) is 0.875. The van der Waals surface area contributed by atoms with Gasteiger partial charge in [-0.1, -0.05) is 0 Å². The summed E-state index contributed by atoms with van der Waals surface area (Å²) in [5.74, 6) is 0.148. The lowest BCUT2D eigenvalue weighted by atomic mass is 10.2. The van der Waals surface area contributed by atoms with Crippen LogP contribution in [0.1, 0.15) is 6.42 Å². The van der Waals surface area contributed by atoms with Crippen molar-refractivity contribution in [2.75, 3.05) is 32.8 Å². The SMILES string of the molecule is Cl.O=C1COCCN1C1CCNC1. The van der Waals surface area contributed by atoms with Crippen LogP contribution in [0.15, 0.2) is 0 Å². The Morgan fingerprint density at radius 2 is 2.38 bits per heavy atom. The summed E-state index contributed by atoms with van der Waals surface area (Å²) < 4.78 is 5.06. The molecule has 1 N–H and O–H groups in total. The molecule has 0 spiro atoms. The average Bonchev–Trinajstić information content (AvgIpc) is 2.57. The van der Waals surface area contributed by atoms with Crippen LogP contribution in [0.5, 0.6) is 0 Å². The van der Waals surface area contributed by atoms with Crippen LogP contribution in [-0.2, 0) is 9.53 Å². The van der Waals surface area contributed by atoms with Gasteiger partial charge in [-0.15, -0.1) is 12.4 Å². The van der Waals surface area contributed by atoms with Crippen molar-refractivity contribution in [3.63, 3.8) is 0 Å². The monoisotopic (exact) mass is 206 g/mol. The topological polar surface area (TPSA) is 41.6 Å². The molecule has 1 unspecified atom stereocenters. The first-order valence-electron chi connectivity index (χ1n) is 4.46. The Labute approximate surface area is 84.0 Å². The molecule has 0 radical (unpaired) electrons. The van der Waals surface area contributed by atoms with Crippen LogP contribution in [-0.4, -0.2) is 49.7 Å². The van der Waals surface area contributed by atoms with E-state index >= 15 is 0 Å². The summed E-state index contributed by atoms with van der Waals surface area (Å²) in [4.78, 5) is 13.3. The summed E-state index contributed by atoms with van der Waals surface area (Å²) in [6.07, 6.45) is 1.09. The van der Waals surface area contributed by atoms with Gasteiger partial charge in [0.15, 0.2) is 0 Å². The Kier molecular flexibility index (Phi) is 3.96. The van der Waals surface area contributed by atoms with Gasteiger partial charge in [-0.25, -0.2) is 0 Å². The predicted octanol–water partition coefficient (Wildman–Crippen LogP) is -0.371. The molecule has 1 atom stereocenters. The number of halogens is 1. The molecule has 76 valence electrons. The van der Waals surface area contributed by atoms with Crippen molar-refractivity contribution >= 4 is 18.3 Å². The molecule has 0 saturated carbocycles. The third-order valence-corrected chi connectivity index (χ3v) is 2.50. The first kappa shape index (κ1) is 10.8. The maximum absolute atomic E-state index is 11.4. The summed E-state index contributed by atoms with van der Waals surface area (Å²) >= 11 is 0. The van der Waals surface area contributed by atoms with E-state index in [0.717, 1.165) is 26.1 Å². The summed E-state index contributed by atoms with van der Waals surface area (Å²) in [5.41, 5.74) is 0. The number of hydrogen-bond donors (Lipinski definition) is 1. The van der Waals surface area contributed by atoms with Crippen molar-refractivity contribution in [3.05, 3.63) is 0 Å². The highest BCUT2D eigenvalue weighted by Crippen LogP contribution is 2.11. The zero-order valence-corrected chi connectivity index (χ0v) is 8.31. The standard InChI is InChI=1S/C8H14N2O2.ClH/c11-8-6-12-4-3-10(8)7-1-2-9-5-7;/h7,9H,1-6H2;1H. The van der Waals surface area contributed by atoms with Crippen LogP contribution in [0.4, 0.5) is 0 Å². The molecule has 2 aliphatic heterocycles. The number of amides is 1. The molecule has 13 heavy (non-hydrogen) atoms. The normalized spacial score (nSPS) is 28.8. The van der Waals surface area contributed by atoms with E-state index in [1.165, 1.54) is 0 Å². The van der Waals surface area contributed by atoms with E-state index in [9.17, 15) is 4.79 Å². The van der Waals surface area contributed by atoms with Crippen molar-refractivity contribution in [1.82, 2.24) is 10.2 Å². The molecule has 0 bridgehead atoms. The van der Waals surface area contributed by atoms with Crippen LogP contribution in [0.2, 0.25) is 0 Å². The van der Waals surface area contributed by atoms with E-state index in [-0.39, 0.29) is 24.9 Å². The van der Waals surface area contributed by atoms with Gasteiger partial charge >= 0.3 is 0 Å². The second kappa shape index (κ2) is 4.79. The molecular formula is C8H15ClN2O2. The highest BCUT2D eigenvalue weighted by molar-refractivity contribution is 5.85. The fourth-order valence-corrected chi connectivity index (χ4v) is 1.82. The third-order valence-electron chi connectivity index (χ3n) is 2.50. The molecule has 2 heterocycles. The fourth-order valence-electron chi connectivity index (χ4n) is 1.82. The zero-order valence-electron chi connectivity index (χ0n) is 7.49. The van der Waals surface area contributed by atoms with E-state index in [4.69, 9.17) is 4.74 Å². The second-order valence-electron chi connectivity index (χ2n) is 3.29. The van der Waals surface area contributed by atoms with E-state index in [1.54, 1.807) is 0 Å². The first-order chi connectivity index (χ1) is 5.88. The molecule has 2 rings (SSSR count). The van der Waals surface area contributed by atoms with Crippen molar-refractivity contribution in [2.24, 2.45) is 0 Å². The summed E-state index contributed by atoms with van der Waals surface area (Å²) in [5, 5.41) is 3.26. The number of carbonyl (C=O) groups excluding carboxylic acids is 1. The molecule has 0 aliphatic carbocycles. The van der Waals surface area contributed by atoms with Crippen LogP contribution < -0.4 is 5.32 Å². The minimum atomic E-state index is 0. The Morgan fingerprint density at radius 3 is 3.00 bits per heavy atom. The number of rotatable bonds is 1. The second-order valence-corrected chi connectivity index (χ2v) is 3.29. The molecule has 1 amide bonds. The number of nitrogens with zero attached hydrogens (tertiary/aromatic N) is 1. The number of carbonyl (C=O) groups is 1. The van der Waals surface area contributed by atoms with Crippen LogP contribution >= 0.6 is 12.4 Å². The number of hydrogen-bond acceptors (Lipinski definition) is 3. The molecule has 4 nitrogen and oxygen atoms in total. The molecular weight excluding hydrogens is 192 g/mol. The minimum Gasteiger partial charge on any atom is -0.370 e. The Morgan fingerprint density at radius 1 is 1.54 bits per heavy atom. The van der Waals surface area contributed by atoms with E-state index < -0.39 is 0 Å². The van der Waals surface area contributed by atoms with Crippen molar-refractivity contribution < 1.29 is 9.53 Å². The lowest BCUT2D eigenvalue weighted by molar-refractivity contribution is -0.145. The van der Waals surface area contributed by atoms with Crippen LogP contribution in [0.25, 0.3) is 0 Å². The summed E-state index contributed by atoms with van der Waals surface area (Å²) in [7, 11) is 0. The van der Waals surface area contributed by atoms with Gasteiger partial charge in [0, 0.05) is 19.1 Å². The Bertz CT molecular complexity index is 183. The Hall–Kier alpha value is -0.320. The van der Waals surface area contributed by atoms with E-state index in [1.807, 2.05) is 4.90 Å². The molecule has 2 aliphatic rings. The van der Waals surface area contributed by atoms with Gasteiger partial charge in [-0.05, 0) is 13.0 Å². The van der Waals surface area contributed by atoms with Crippen molar-refractivity contribution in [3.8, 4) is 0 Å². The van der Waals surface area contributed by atoms with Crippen molar-refractivity contribution in [1.29, 1.82) is 0 Å². The summed E-state index contributed by atoms with van der Waals surface area (Å²) in [6, 6.07) is 0.418. The maximum Gasteiger partial charge on any atom is 0.248 e. The van der Waals surface area contributed by atoms with Gasteiger partial charge in [0.2, 0.25) is 5.91 Å². The molecule has 2 fully saturated rings. The van der Waals surface area contributed by atoms with Crippen LogP contribution in [0.3, 0.4) is 0 Å². The van der Waals surface area contributed by atoms with Gasteiger partial charge in [-0.3, -0.25) is 4.79 Å². The van der Waals surface area contributed by atoms with Gasteiger partial charge in [0.25, 0.3) is 0 Å². The largest absolute Gasteiger partial charge is 0.370 e. The number of morpholine rings is 1. The lowest BCUT2D eigenvalue weighted by Crippen LogP contribution is -2.48. The third kappa shape index (κ3) is 2.33. The zero-order chi connectivity index (χ0) is 8.39. The van der Waals surface area contributed by atoms with Gasteiger partial charge in [0.1, 0.15) is 6.61 Å². The molecule has 0 aromatic carbocycles. The number of nitrogens with one attached hydrogen (secondary N) is 1. The van der Waals surface area contributed by atoms with Crippen molar-refractivity contribution in [2.45, 2.75) is 12.5 Å². The molecule has 0 aromatic heterocycles. The average molecular weight is 207 g/mol. The van der Waals surface area contributed by atoms with Crippen LogP contribution in [0, 0.1) is 0 Å². The van der Waals surface area contributed by atoms with E-state index in [0.29, 0.717) is 12.6 Å². The Balaban J connectivity index is 0.000000845. The first-order valence-corrected chi connectivity index (χ1v) is 4.46. The lowest BCUT2D eigenvalue weighted by Gasteiger charge is -2.31. The maximum atomic E-state index is 11.4.